The number of alkyl halides is 2. The Morgan fingerprint density at radius 1 is 1.06 bits per heavy atom. The molecule has 2 atom stereocenters. The van der Waals surface area contributed by atoms with Gasteiger partial charge in [0, 0.05) is 22.9 Å². The number of nitrogens with zero attached hydrogens (tertiary/aromatic N) is 2. The summed E-state index contributed by atoms with van der Waals surface area (Å²) in [6.45, 7) is 1.48. The molecular weight excluding hydrogens is 532 g/mol. The molecule has 1 saturated carbocycles. The van der Waals surface area contributed by atoms with Crippen molar-refractivity contribution in [3.05, 3.63) is 58.6 Å². The van der Waals surface area contributed by atoms with Crippen molar-refractivity contribution < 1.29 is 28.6 Å². The van der Waals surface area contributed by atoms with Gasteiger partial charge in [0.05, 0.1) is 4.92 Å². The summed E-state index contributed by atoms with van der Waals surface area (Å²) in [5.74, 6) is 0.240. The molecule has 0 saturated heterocycles. The highest BCUT2D eigenvalue weighted by Crippen LogP contribution is 2.40. The van der Waals surface area contributed by atoms with E-state index in [0.29, 0.717) is 11.5 Å². The highest BCUT2D eigenvalue weighted by Gasteiger charge is 2.39. The largest absolute Gasteiger partial charge is 0.574 e. The van der Waals surface area contributed by atoms with Crippen LogP contribution in [0.3, 0.4) is 0 Å². The molecule has 1 aliphatic rings. The minimum atomic E-state index is -2.55. The molecule has 1 unspecified atom stereocenters. The minimum Gasteiger partial charge on any atom is -0.574 e. The molecule has 13 heteroatoms. The van der Waals surface area contributed by atoms with Gasteiger partial charge in [-0.3, -0.25) is 19.4 Å². The quantitative estimate of drug-likeness (QED) is 0.0915. The van der Waals surface area contributed by atoms with Crippen LogP contribution in [0.5, 0.6) is 17.2 Å². The minimum absolute atomic E-state index is 0.0425. The molecule has 2 aromatic carbocycles. The van der Waals surface area contributed by atoms with Gasteiger partial charge in [-0.15, -0.1) is 0 Å². The number of non-ortho nitro benzene ring substituents is 1. The lowest BCUT2D eigenvalue weighted by molar-refractivity contribution is -0.384. The third-order valence-electron chi connectivity index (χ3n) is 5.54. The first-order valence-corrected chi connectivity index (χ1v) is 13.3. The van der Waals surface area contributed by atoms with Crippen LogP contribution < -0.4 is 19.6 Å². The van der Waals surface area contributed by atoms with Gasteiger partial charge in [-0.1, -0.05) is 48.9 Å². The van der Waals surface area contributed by atoms with E-state index in [9.17, 15) is 19.8 Å². The van der Waals surface area contributed by atoms with Gasteiger partial charge >= 0.3 is 14.1 Å². The number of ether oxygens (including phenoxy) is 2. The van der Waals surface area contributed by atoms with E-state index in [1.807, 2.05) is 0 Å². The van der Waals surface area contributed by atoms with Gasteiger partial charge in [0.15, 0.2) is 5.75 Å². The number of rotatable bonds is 10. The lowest BCUT2D eigenvalue weighted by atomic mass is 10.0. The molecule has 36 heavy (non-hydrogen) atoms. The average molecular weight is 558 g/mol. The summed E-state index contributed by atoms with van der Waals surface area (Å²) >= 11 is 12.6. The van der Waals surface area contributed by atoms with E-state index < -0.39 is 29.6 Å². The molecular formula is C23H26Cl2N3O7P. The third kappa shape index (κ3) is 8.57. The lowest BCUT2D eigenvalue weighted by Crippen LogP contribution is -2.39. The number of halogens is 2. The van der Waals surface area contributed by atoms with Crippen molar-refractivity contribution in [3.63, 3.8) is 0 Å². The predicted molar refractivity (Wildman–Crippen MR) is 134 cm³/mol. The molecule has 1 fully saturated rings. The molecule has 1 aliphatic carbocycles. The van der Waals surface area contributed by atoms with Crippen molar-refractivity contribution >= 4 is 43.0 Å². The fourth-order valence-electron chi connectivity index (χ4n) is 3.56. The molecule has 0 aromatic heterocycles. The van der Waals surface area contributed by atoms with Crippen molar-refractivity contribution in [1.29, 1.82) is 0 Å². The molecule has 0 bridgehead atoms. The van der Waals surface area contributed by atoms with E-state index in [1.165, 1.54) is 43.3 Å². The van der Waals surface area contributed by atoms with Gasteiger partial charge in [0.1, 0.15) is 17.5 Å². The number of benzene rings is 2. The maximum absolute atomic E-state index is 12.4. The number of hydrogen-bond donors (Lipinski definition) is 1. The zero-order valence-corrected chi connectivity index (χ0v) is 21.9. The number of hydrogen-bond acceptors (Lipinski definition) is 8. The highest BCUT2D eigenvalue weighted by molar-refractivity contribution is 7.33. The Balaban J connectivity index is 1.48. The molecule has 2 aromatic rings. The third-order valence-corrected chi connectivity index (χ3v) is 6.96. The standard InChI is InChI=1S/C23H26Cl2N3O7P/c1-16(22(29)34-23(24,25)17-6-4-2-3-5-7-17)26-27-36(32)35-21-14-12-20(13-15-21)33-19-10-8-18(9-11-19)28(30)31/h8-17,26H,2-7H2,1H3/t16-/m0/s1. The number of carbonyl (C=O) groups excluding carboxylic acids is 1. The fourth-order valence-corrected chi connectivity index (χ4v) is 4.76. The molecule has 0 aliphatic heterocycles. The van der Waals surface area contributed by atoms with Crippen molar-refractivity contribution in [1.82, 2.24) is 5.43 Å². The number of carbonyl (C=O) groups is 1. The summed E-state index contributed by atoms with van der Waals surface area (Å²) in [6.07, 6.45) is 5.73. The summed E-state index contributed by atoms with van der Waals surface area (Å²) in [5, 5.41) is 10.7. The van der Waals surface area contributed by atoms with Crippen molar-refractivity contribution in [2.45, 2.75) is 56.0 Å². The number of esters is 1. The SMILES string of the molecule is C[C@H](N/N=[P+](\[O-])Oc1ccc(Oc2ccc([N+](=O)[O-])cc2)cc1)C(=O)OC(Cl)(Cl)C1CCCCCC1. The summed E-state index contributed by atoms with van der Waals surface area (Å²) < 4.78 is 14.5. The van der Waals surface area contributed by atoms with Crippen molar-refractivity contribution in [2.75, 3.05) is 0 Å². The van der Waals surface area contributed by atoms with Gasteiger partial charge in [-0.25, -0.2) is 0 Å². The second kappa shape index (κ2) is 13.2. The molecule has 194 valence electrons. The van der Waals surface area contributed by atoms with E-state index in [0.717, 1.165) is 38.5 Å². The smallest absolute Gasteiger partial charge is 0.412 e. The maximum Gasteiger partial charge on any atom is 0.412 e. The van der Waals surface area contributed by atoms with Gasteiger partial charge < -0.3 is 14.4 Å². The Morgan fingerprint density at radius 2 is 1.58 bits per heavy atom. The Hall–Kier alpha value is -2.49. The molecule has 0 heterocycles. The number of nitro groups is 1. The Bertz CT molecular complexity index is 1060. The molecule has 3 rings (SSSR count). The Morgan fingerprint density at radius 3 is 2.14 bits per heavy atom. The first-order chi connectivity index (χ1) is 17.1. The zero-order valence-electron chi connectivity index (χ0n) is 19.5. The van der Waals surface area contributed by atoms with Crippen molar-refractivity contribution in [2.24, 2.45) is 10.8 Å². The van der Waals surface area contributed by atoms with Gasteiger partial charge in [-0.2, -0.15) is 5.43 Å². The summed E-state index contributed by atoms with van der Waals surface area (Å²) in [5.41, 5.74) is 2.41. The predicted octanol–water partition coefficient (Wildman–Crippen LogP) is 6.16. The van der Waals surface area contributed by atoms with E-state index in [4.69, 9.17) is 37.2 Å². The first kappa shape index (κ1) is 28.1. The van der Waals surface area contributed by atoms with Crippen LogP contribution in [0.4, 0.5) is 5.69 Å². The van der Waals surface area contributed by atoms with Crippen LogP contribution in [-0.4, -0.2) is 21.5 Å². The van der Waals surface area contributed by atoms with Crippen molar-refractivity contribution in [3.8, 4) is 17.2 Å². The van der Waals surface area contributed by atoms with Crippen LogP contribution >= 0.6 is 31.4 Å². The van der Waals surface area contributed by atoms with Gasteiger partial charge in [0.25, 0.3) is 10.2 Å². The Kier molecular flexibility index (Phi) is 10.3. The normalized spacial score (nSPS) is 16.1. The van der Waals surface area contributed by atoms with Crippen LogP contribution in [0.2, 0.25) is 0 Å². The van der Waals surface area contributed by atoms with E-state index >= 15 is 0 Å². The van der Waals surface area contributed by atoms with Crippen LogP contribution in [0.15, 0.2) is 53.4 Å². The van der Waals surface area contributed by atoms with Crippen LogP contribution in [0, 0.1) is 16.0 Å². The molecule has 0 amide bonds. The number of nitrogens with one attached hydrogen (secondary N) is 1. The topological polar surface area (TPSA) is 135 Å². The highest BCUT2D eigenvalue weighted by atomic mass is 35.5. The summed E-state index contributed by atoms with van der Waals surface area (Å²) in [4.78, 5) is 38.5. The Labute approximate surface area is 219 Å². The second-order valence-electron chi connectivity index (χ2n) is 8.28. The van der Waals surface area contributed by atoms with Crippen LogP contribution in [-0.2, 0) is 9.53 Å². The summed E-state index contributed by atoms with van der Waals surface area (Å²) in [6, 6.07) is 10.8. The second-order valence-corrected chi connectivity index (χ2v) is 10.5. The molecule has 0 spiro atoms. The van der Waals surface area contributed by atoms with E-state index in [2.05, 4.69) is 10.3 Å². The van der Waals surface area contributed by atoms with Gasteiger partial charge in [0.2, 0.25) is 0 Å². The lowest BCUT2D eigenvalue weighted by Gasteiger charge is -2.29. The number of nitro benzene ring substituents is 1. The van der Waals surface area contributed by atoms with E-state index in [1.54, 1.807) is 12.1 Å². The molecule has 1 N–H and O–H groups in total. The molecule has 0 radical (unpaired) electrons. The average Bonchev–Trinajstić information content (AvgIpc) is 3.14. The zero-order chi connectivity index (χ0) is 26.1. The first-order valence-electron chi connectivity index (χ1n) is 11.4. The van der Waals surface area contributed by atoms with Gasteiger partial charge in [-0.05, 0) is 56.2 Å². The van der Waals surface area contributed by atoms with Crippen LogP contribution in [0.1, 0.15) is 45.4 Å². The maximum atomic E-state index is 12.4. The van der Waals surface area contributed by atoms with Crippen LogP contribution in [0.25, 0.3) is 0 Å². The fraction of sp³-hybridized carbons (Fsp3) is 0.435. The van der Waals surface area contributed by atoms with E-state index in [-0.39, 0.29) is 17.4 Å². The summed E-state index contributed by atoms with van der Waals surface area (Å²) in [7, 11) is -2.55. The molecule has 10 nitrogen and oxygen atoms in total. The monoisotopic (exact) mass is 557 g/mol.